The van der Waals surface area contributed by atoms with Crippen LogP contribution in [-0.2, 0) is 4.74 Å². The number of hydrogen-bond acceptors (Lipinski definition) is 3. The van der Waals surface area contributed by atoms with E-state index in [0.29, 0.717) is 5.92 Å². The fourth-order valence-corrected chi connectivity index (χ4v) is 3.85. The Morgan fingerprint density at radius 1 is 1.33 bits per heavy atom. The highest BCUT2D eigenvalue weighted by molar-refractivity contribution is 4.95. The van der Waals surface area contributed by atoms with Crippen LogP contribution in [0, 0.1) is 11.8 Å². The number of nitrogens with two attached hydrogens (primary N) is 1. The molecule has 1 aliphatic heterocycles. The van der Waals surface area contributed by atoms with Crippen LogP contribution in [0.5, 0.6) is 0 Å². The Morgan fingerprint density at radius 3 is 2.78 bits per heavy atom. The Kier molecular flexibility index (Phi) is 5.05. The Hall–Kier alpha value is -0.120. The van der Waals surface area contributed by atoms with E-state index in [9.17, 15) is 0 Å². The van der Waals surface area contributed by atoms with Crippen molar-refractivity contribution in [2.45, 2.75) is 51.0 Å². The molecule has 1 saturated carbocycles. The van der Waals surface area contributed by atoms with Gasteiger partial charge < -0.3 is 10.5 Å². The number of nitrogens with zero attached hydrogens (tertiary/aromatic N) is 1. The summed E-state index contributed by atoms with van der Waals surface area (Å²) in [5.41, 5.74) is 6.39. The number of hydrogen-bond donors (Lipinski definition) is 1. The number of ether oxygens (including phenoxy) is 1. The van der Waals surface area contributed by atoms with E-state index in [-0.39, 0.29) is 5.54 Å². The first-order valence-corrected chi connectivity index (χ1v) is 7.65. The molecule has 3 unspecified atom stereocenters. The van der Waals surface area contributed by atoms with Crippen LogP contribution in [-0.4, -0.2) is 43.8 Å². The zero-order chi connectivity index (χ0) is 13.0. The molecule has 3 heteroatoms. The van der Waals surface area contributed by atoms with Crippen molar-refractivity contribution in [1.82, 2.24) is 4.90 Å². The second-order valence-electron chi connectivity index (χ2n) is 6.59. The molecule has 0 amide bonds. The zero-order valence-electron chi connectivity index (χ0n) is 12.2. The molecule has 0 spiro atoms. The minimum Gasteiger partial charge on any atom is -0.381 e. The topological polar surface area (TPSA) is 38.5 Å². The van der Waals surface area contributed by atoms with Crippen LogP contribution in [0.15, 0.2) is 0 Å². The van der Waals surface area contributed by atoms with Gasteiger partial charge in [-0.3, -0.25) is 4.90 Å². The smallest absolute Gasteiger partial charge is 0.0506 e. The highest BCUT2D eigenvalue weighted by Gasteiger charge is 2.38. The maximum Gasteiger partial charge on any atom is 0.0506 e. The lowest BCUT2D eigenvalue weighted by Crippen LogP contribution is -2.56. The number of rotatable bonds is 4. The molecule has 2 aliphatic rings. The zero-order valence-corrected chi connectivity index (χ0v) is 12.2. The first-order chi connectivity index (χ1) is 8.66. The van der Waals surface area contributed by atoms with Gasteiger partial charge in [-0.1, -0.05) is 19.8 Å². The molecule has 1 aliphatic carbocycles. The van der Waals surface area contributed by atoms with Crippen molar-refractivity contribution >= 4 is 0 Å². The summed E-state index contributed by atoms with van der Waals surface area (Å²) in [7, 11) is 2.28. The van der Waals surface area contributed by atoms with E-state index in [4.69, 9.17) is 10.5 Å². The second kappa shape index (κ2) is 6.36. The lowest BCUT2D eigenvalue weighted by molar-refractivity contribution is 0.00366. The average molecular weight is 254 g/mol. The molecule has 18 heavy (non-hydrogen) atoms. The van der Waals surface area contributed by atoms with Gasteiger partial charge in [0.2, 0.25) is 0 Å². The summed E-state index contributed by atoms with van der Waals surface area (Å²) in [6, 6.07) is 0. The van der Waals surface area contributed by atoms with Gasteiger partial charge in [0, 0.05) is 25.2 Å². The Balaban J connectivity index is 1.93. The van der Waals surface area contributed by atoms with Crippen molar-refractivity contribution in [3.8, 4) is 0 Å². The SMILES string of the molecule is CC1CCCC(CN)(N(C)CC2CCCOC2)C1. The van der Waals surface area contributed by atoms with E-state index >= 15 is 0 Å². The summed E-state index contributed by atoms with van der Waals surface area (Å²) < 4.78 is 5.60. The molecular weight excluding hydrogens is 224 g/mol. The average Bonchev–Trinajstić information content (AvgIpc) is 2.39. The molecule has 3 atom stereocenters. The molecule has 2 fully saturated rings. The van der Waals surface area contributed by atoms with Gasteiger partial charge >= 0.3 is 0 Å². The molecular formula is C15H30N2O. The highest BCUT2D eigenvalue weighted by Crippen LogP contribution is 2.36. The summed E-state index contributed by atoms with van der Waals surface area (Å²) in [5, 5.41) is 0. The van der Waals surface area contributed by atoms with Crippen molar-refractivity contribution in [3.05, 3.63) is 0 Å². The normalized spacial score (nSPS) is 38.0. The van der Waals surface area contributed by atoms with Gasteiger partial charge in [0.15, 0.2) is 0 Å². The van der Waals surface area contributed by atoms with Crippen molar-refractivity contribution in [1.29, 1.82) is 0 Å². The number of likely N-dealkylation sites (N-methyl/N-ethyl adjacent to an activating group) is 1. The third-order valence-corrected chi connectivity index (χ3v) is 5.04. The standard InChI is InChI=1S/C15H30N2O/c1-13-5-3-7-15(9-13,12-16)17(2)10-14-6-4-8-18-11-14/h13-14H,3-12,16H2,1-2H3. The van der Waals surface area contributed by atoms with E-state index in [1.807, 2.05) is 0 Å². The molecule has 3 nitrogen and oxygen atoms in total. The summed E-state index contributed by atoms with van der Waals surface area (Å²) in [4.78, 5) is 2.56. The maximum absolute atomic E-state index is 6.13. The van der Waals surface area contributed by atoms with Gasteiger partial charge in [-0.2, -0.15) is 0 Å². The fourth-order valence-electron chi connectivity index (χ4n) is 3.85. The van der Waals surface area contributed by atoms with Crippen LogP contribution in [0.1, 0.15) is 45.4 Å². The monoisotopic (exact) mass is 254 g/mol. The quantitative estimate of drug-likeness (QED) is 0.836. The van der Waals surface area contributed by atoms with E-state index in [2.05, 4.69) is 18.9 Å². The minimum absolute atomic E-state index is 0.259. The molecule has 0 bridgehead atoms. The van der Waals surface area contributed by atoms with Gasteiger partial charge in [-0.25, -0.2) is 0 Å². The highest BCUT2D eigenvalue weighted by atomic mass is 16.5. The third kappa shape index (κ3) is 3.25. The molecule has 1 saturated heterocycles. The fraction of sp³-hybridized carbons (Fsp3) is 1.00. The van der Waals surface area contributed by atoms with Gasteiger partial charge in [0.1, 0.15) is 0 Å². The first-order valence-electron chi connectivity index (χ1n) is 7.65. The van der Waals surface area contributed by atoms with Crippen molar-refractivity contribution < 1.29 is 4.74 Å². The molecule has 0 radical (unpaired) electrons. The predicted molar refractivity (Wildman–Crippen MR) is 75.6 cm³/mol. The van der Waals surface area contributed by atoms with Crippen LogP contribution in [0.4, 0.5) is 0 Å². The van der Waals surface area contributed by atoms with E-state index < -0.39 is 0 Å². The molecule has 0 aromatic rings. The van der Waals surface area contributed by atoms with Crippen LogP contribution in [0.2, 0.25) is 0 Å². The summed E-state index contributed by atoms with van der Waals surface area (Å²) in [6.45, 7) is 6.24. The van der Waals surface area contributed by atoms with Crippen LogP contribution in [0.3, 0.4) is 0 Å². The Bertz CT molecular complexity index is 253. The van der Waals surface area contributed by atoms with Gasteiger partial charge in [0.25, 0.3) is 0 Å². The van der Waals surface area contributed by atoms with E-state index in [1.165, 1.54) is 38.5 Å². The largest absolute Gasteiger partial charge is 0.381 e. The predicted octanol–water partition coefficient (Wildman–Crippen LogP) is 2.25. The Labute approximate surface area is 112 Å². The summed E-state index contributed by atoms with van der Waals surface area (Å²) in [5.74, 6) is 1.54. The van der Waals surface area contributed by atoms with Crippen LogP contribution >= 0.6 is 0 Å². The van der Waals surface area contributed by atoms with Gasteiger partial charge in [-0.05, 0) is 44.6 Å². The summed E-state index contributed by atoms with van der Waals surface area (Å²) in [6.07, 6.45) is 7.81. The lowest BCUT2D eigenvalue weighted by Gasteiger charge is -2.47. The lowest BCUT2D eigenvalue weighted by atomic mass is 9.75. The van der Waals surface area contributed by atoms with E-state index in [1.54, 1.807) is 0 Å². The van der Waals surface area contributed by atoms with Crippen LogP contribution in [0.25, 0.3) is 0 Å². The maximum atomic E-state index is 6.13. The van der Waals surface area contributed by atoms with Crippen molar-refractivity contribution in [3.63, 3.8) is 0 Å². The summed E-state index contributed by atoms with van der Waals surface area (Å²) >= 11 is 0. The van der Waals surface area contributed by atoms with Gasteiger partial charge in [0.05, 0.1) is 6.61 Å². The third-order valence-electron chi connectivity index (χ3n) is 5.04. The van der Waals surface area contributed by atoms with Crippen molar-refractivity contribution in [2.75, 3.05) is 33.4 Å². The first kappa shape index (κ1) is 14.3. The van der Waals surface area contributed by atoms with Crippen LogP contribution < -0.4 is 5.73 Å². The molecule has 2 N–H and O–H groups in total. The molecule has 106 valence electrons. The Morgan fingerprint density at radius 2 is 2.17 bits per heavy atom. The van der Waals surface area contributed by atoms with Gasteiger partial charge in [-0.15, -0.1) is 0 Å². The molecule has 1 heterocycles. The second-order valence-corrected chi connectivity index (χ2v) is 6.59. The molecule has 0 aromatic heterocycles. The van der Waals surface area contributed by atoms with Crippen molar-refractivity contribution in [2.24, 2.45) is 17.6 Å². The molecule has 2 rings (SSSR count). The molecule has 0 aromatic carbocycles. The van der Waals surface area contributed by atoms with E-state index in [0.717, 1.165) is 32.2 Å². The minimum atomic E-state index is 0.259.